The first kappa shape index (κ1) is 21.5. The third kappa shape index (κ3) is 6.09. The predicted molar refractivity (Wildman–Crippen MR) is 115 cm³/mol. The molecule has 0 bridgehead atoms. The standard InChI is InChI=1S/C21H33N3O2S/c1-4-7-10-16(6-3)14-23-21(27)24-15-19(20(25)22-13-5-2)26-18-12-9-8-11-17(18)24/h8-9,11-12,16,19H,4-7,10,13-15H2,1-3H3,(H,22,25)(H,23,27)/t16-,19+/m1/s1. The largest absolute Gasteiger partial charge is 0.477 e. The molecule has 0 spiro atoms. The minimum absolute atomic E-state index is 0.0893. The number of benzene rings is 1. The number of anilines is 1. The molecule has 0 aromatic heterocycles. The van der Waals surface area contributed by atoms with Crippen LogP contribution in [0.4, 0.5) is 5.69 Å². The van der Waals surface area contributed by atoms with E-state index in [-0.39, 0.29) is 5.91 Å². The van der Waals surface area contributed by atoms with Gasteiger partial charge in [0.1, 0.15) is 5.75 Å². The number of nitrogens with one attached hydrogen (secondary N) is 2. The van der Waals surface area contributed by atoms with E-state index < -0.39 is 6.10 Å². The second kappa shape index (κ2) is 11.1. The smallest absolute Gasteiger partial charge is 0.262 e. The van der Waals surface area contributed by atoms with Crippen LogP contribution in [0.25, 0.3) is 0 Å². The van der Waals surface area contributed by atoms with Gasteiger partial charge in [-0.1, -0.05) is 52.2 Å². The van der Waals surface area contributed by atoms with E-state index in [4.69, 9.17) is 17.0 Å². The lowest BCUT2D eigenvalue weighted by Crippen LogP contribution is -2.53. The van der Waals surface area contributed by atoms with Gasteiger partial charge in [0, 0.05) is 13.1 Å². The van der Waals surface area contributed by atoms with Crippen molar-refractivity contribution in [3.8, 4) is 5.75 Å². The molecule has 2 N–H and O–H groups in total. The van der Waals surface area contributed by atoms with Crippen LogP contribution in [-0.4, -0.2) is 36.8 Å². The number of hydrogen-bond donors (Lipinski definition) is 2. The van der Waals surface area contributed by atoms with Gasteiger partial charge in [0.05, 0.1) is 12.2 Å². The molecule has 27 heavy (non-hydrogen) atoms. The van der Waals surface area contributed by atoms with E-state index in [9.17, 15) is 4.79 Å². The molecule has 1 aromatic carbocycles. The molecule has 0 radical (unpaired) electrons. The summed E-state index contributed by atoms with van der Waals surface area (Å²) in [5.41, 5.74) is 0.913. The SMILES string of the molecule is CCCC[C@@H](CC)CNC(=S)N1C[C@@H](C(=O)NCCC)Oc2ccccc21. The zero-order chi connectivity index (χ0) is 19.6. The minimum Gasteiger partial charge on any atom is -0.477 e. The van der Waals surface area contributed by atoms with Gasteiger partial charge >= 0.3 is 0 Å². The Morgan fingerprint density at radius 3 is 2.74 bits per heavy atom. The van der Waals surface area contributed by atoms with Crippen LogP contribution in [0.2, 0.25) is 0 Å². The summed E-state index contributed by atoms with van der Waals surface area (Å²) in [6, 6.07) is 7.75. The van der Waals surface area contributed by atoms with Crippen LogP contribution in [-0.2, 0) is 4.79 Å². The molecule has 0 aliphatic carbocycles. The Morgan fingerprint density at radius 1 is 1.26 bits per heavy atom. The normalized spacial score (nSPS) is 16.9. The highest BCUT2D eigenvalue weighted by Crippen LogP contribution is 2.33. The first-order valence-electron chi connectivity index (χ1n) is 10.2. The molecule has 1 aliphatic heterocycles. The molecule has 0 saturated heterocycles. The van der Waals surface area contributed by atoms with Crippen molar-refractivity contribution in [3.05, 3.63) is 24.3 Å². The molecule has 0 saturated carbocycles. The van der Waals surface area contributed by atoms with Crippen molar-refractivity contribution in [1.82, 2.24) is 10.6 Å². The summed E-state index contributed by atoms with van der Waals surface area (Å²) in [4.78, 5) is 14.4. The Labute approximate surface area is 168 Å². The number of carbonyl (C=O) groups is 1. The first-order valence-corrected chi connectivity index (χ1v) is 10.6. The van der Waals surface area contributed by atoms with Crippen molar-refractivity contribution < 1.29 is 9.53 Å². The lowest BCUT2D eigenvalue weighted by molar-refractivity contribution is -0.127. The van der Waals surface area contributed by atoms with E-state index in [0.29, 0.717) is 29.9 Å². The van der Waals surface area contributed by atoms with Crippen LogP contribution < -0.4 is 20.3 Å². The van der Waals surface area contributed by atoms with Gasteiger partial charge in [0.15, 0.2) is 11.2 Å². The van der Waals surface area contributed by atoms with Gasteiger partial charge in [0.25, 0.3) is 5.91 Å². The Balaban J connectivity index is 2.06. The van der Waals surface area contributed by atoms with E-state index in [1.165, 1.54) is 19.3 Å². The Kier molecular flexibility index (Phi) is 8.85. The van der Waals surface area contributed by atoms with E-state index in [2.05, 4.69) is 24.5 Å². The number of carbonyl (C=O) groups excluding carboxylic acids is 1. The third-order valence-electron chi connectivity index (χ3n) is 4.95. The number of unbranched alkanes of at least 4 members (excludes halogenated alkanes) is 1. The summed E-state index contributed by atoms with van der Waals surface area (Å²) in [6.45, 7) is 8.41. The fraction of sp³-hybridized carbons (Fsp3) is 0.619. The molecule has 6 heteroatoms. The number of para-hydroxylation sites is 2. The van der Waals surface area contributed by atoms with Gasteiger partial charge in [-0.2, -0.15) is 0 Å². The number of fused-ring (bicyclic) bond motifs is 1. The number of thiocarbonyl (C=S) groups is 1. The predicted octanol–water partition coefficient (Wildman–Crippen LogP) is 3.87. The van der Waals surface area contributed by atoms with Crippen LogP contribution in [0.1, 0.15) is 52.9 Å². The molecule has 1 aromatic rings. The van der Waals surface area contributed by atoms with Crippen LogP contribution in [0.5, 0.6) is 5.75 Å². The Bertz CT molecular complexity index is 623. The molecule has 1 aliphatic rings. The fourth-order valence-corrected chi connectivity index (χ4v) is 3.45. The van der Waals surface area contributed by atoms with Crippen molar-refractivity contribution in [2.75, 3.05) is 24.5 Å². The number of amides is 1. The van der Waals surface area contributed by atoms with Crippen molar-refractivity contribution in [3.63, 3.8) is 0 Å². The highest BCUT2D eigenvalue weighted by Gasteiger charge is 2.32. The lowest BCUT2D eigenvalue weighted by atomic mass is 9.99. The zero-order valence-corrected chi connectivity index (χ0v) is 17.6. The van der Waals surface area contributed by atoms with Crippen LogP contribution in [0.15, 0.2) is 24.3 Å². The molecule has 1 amide bonds. The second-order valence-corrected chi connectivity index (χ2v) is 7.47. The monoisotopic (exact) mass is 391 g/mol. The summed E-state index contributed by atoms with van der Waals surface area (Å²) >= 11 is 5.68. The topological polar surface area (TPSA) is 53.6 Å². The summed E-state index contributed by atoms with van der Waals surface area (Å²) in [5, 5.41) is 7.01. The van der Waals surface area contributed by atoms with Gasteiger partial charge in [-0.3, -0.25) is 4.79 Å². The van der Waals surface area contributed by atoms with Crippen LogP contribution in [0.3, 0.4) is 0 Å². The quantitative estimate of drug-likeness (QED) is 0.626. The van der Waals surface area contributed by atoms with Crippen LogP contribution >= 0.6 is 12.2 Å². The van der Waals surface area contributed by atoms with E-state index in [0.717, 1.165) is 25.1 Å². The number of hydrogen-bond acceptors (Lipinski definition) is 3. The van der Waals surface area contributed by atoms with Gasteiger partial charge in [-0.15, -0.1) is 0 Å². The average Bonchev–Trinajstić information content (AvgIpc) is 2.71. The summed E-state index contributed by atoms with van der Waals surface area (Å²) in [6.07, 6.45) is 5.14. The molecule has 5 nitrogen and oxygen atoms in total. The fourth-order valence-electron chi connectivity index (χ4n) is 3.20. The molecule has 0 unspecified atom stereocenters. The highest BCUT2D eigenvalue weighted by molar-refractivity contribution is 7.80. The second-order valence-electron chi connectivity index (χ2n) is 7.08. The maximum Gasteiger partial charge on any atom is 0.262 e. The van der Waals surface area contributed by atoms with Gasteiger partial charge in [-0.05, 0) is 43.1 Å². The maximum atomic E-state index is 12.4. The van der Waals surface area contributed by atoms with Crippen molar-refractivity contribution >= 4 is 28.9 Å². The highest BCUT2D eigenvalue weighted by atomic mass is 32.1. The minimum atomic E-state index is -0.562. The van der Waals surface area contributed by atoms with Crippen molar-refractivity contribution in [2.45, 2.75) is 59.0 Å². The van der Waals surface area contributed by atoms with E-state index in [1.807, 2.05) is 36.1 Å². The average molecular weight is 392 g/mol. The van der Waals surface area contributed by atoms with E-state index >= 15 is 0 Å². The van der Waals surface area contributed by atoms with Gasteiger partial charge < -0.3 is 20.3 Å². The number of ether oxygens (including phenoxy) is 1. The van der Waals surface area contributed by atoms with Gasteiger partial charge in [0.2, 0.25) is 0 Å². The number of nitrogens with zero attached hydrogens (tertiary/aromatic N) is 1. The van der Waals surface area contributed by atoms with E-state index in [1.54, 1.807) is 0 Å². The third-order valence-corrected chi connectivity index (χ3v) is 5.31. The molecular weight excluding hydrogens is 358 g/mol. The molecule has 2 atom stereocenters. The van der Waals surface area contributed by atoms with Crippen molar-refractivity contribution in [2.24, 2.45) is 5.92 Å². The molecule has 150 valence electrons. The molecule has 0 fully saturated rings. The molecular formula is C21H33N3O2S. The summed E-state index contributed by atoms with van der Waals surface area (Å²) < 4.78 is 5.93. The first-order chi connectivity index (χ1) is 13.1. The summed E-state index contributed by atoms with van der Waals surface area (Å²) in [7, 11) is 0. The Morgan fingerprint density at radius 2 is 2.04 bits per heavy atom. The van der Waals surface area contributed by atoms with Crippen molar-refractivity contribution in [1.29, 1.82) is 0 Å². The van der Waals surface area contributed by atoms with Crippen LogP contribution in [0, 0.1) is 5.92 Å². The lowest BCUT2D eigenvalue weighted by Gasteiger charge is -2.36. The number of rotatable bonds is 9. The Hall–Kier alpha value is -1.82. The molecule has 1 heterocycles. The summed E-state index contributed by atoms with van der Waals surface area (Å²) in [5.74, 6) is 1.22. The maximum absolute atomic E-state index is 12.4. The molecule has 2 rings (SSSR count). The zero-order valence-electron chi connectivity index (χ0n) is 16.8. The van der Waals surface area contributed by atoms with Gasteiger partial charge in [-0.25, -0.2) is 0 Å².